The van der Waals surface area contributed by atoms with Crippen molar-refractivity contribution >= 4 is 0 Å². The van der Waals surface area contributed by atoms with Gasteiger partial charge in [0.05, 0.1) is 6.61 Å². The first kappa shape index (κ1) is 11.7. The molecule has 1 aromatic rings. The Balaban J connectivity index is 2.72. The Morgan fingerprint density at radius 2 is 2.20 bits per heavy atom. The first-order valence-corrected chi connectivity index (χ1v) is 4.79. The van der Waals surface area contributed by atoms with Gasteiger partial charge in [0, 0.05) is 5.56 Å². The third-order valence-electron chi connectivity index (χ3n) is 1.92. The predicted molar refractivity (Wildman–Crippen MR) is 57.2 cm³/mol. The molecular formula is C12H15FO2. The van der Waals surface area contributed by atoms with E-state index in [0.29, 0.717) is 17.9 Å². The van der Waals surface area contributed by atoms with Gasteiger partial charge in [0.15, 0.2) is 0 Å². The van der Waals surface area contributed by atoms with Gasteiger partial charge in [0.2, 0.25) is 0 Å². The maximum atomic E-state index is 12.8. The Morgan fingerprint density at radius 1 is 1.47 bits per heavy atom. The molecule has 3 heteroatoms. The van der Waals surface area contributed by atoms with E-state index in [2.05, 4.69) is 0 Å². The Labute approximate surface area is 89.0 Å². The van der Waals surface area contributed by atoms with E-state index in [4.69, 9.17) is 9.84 Å². The molecule has 0 aliphatic carbocycles. The summed E-state index contributed by atoms with van der Waals surface area (Å²) in [5.74, 6) is 0.157. The van der Waals surface area contributed by atoms with Crippen molar-refractivity contribution in [3.8, 4) is 5.75 Å². The summed E-state index contributed by atoms with van der Waals surface area (Å²) in [7, 11) is 0. The second-order valence-electron chi connectivity index (χ2n) is 3.50. The van der Waals surface area contributed by atoms with E-state index >= 15 is 0 Å². The van der Waals surface area contributed by atoms with Crippen molar-refractivity contribution in [1.82, 2.24) is 0 Å². The zero-order valence-electron chi connectivity index (χ0n) is 8.96. The van der Waals surface area contributed by atoms with Crippen LogP contribution >= 0.6 is 0 Å². The molecule has 0 amide bonds. The van der Waals surface area contributed by atoms with Crippen molar-refractivity contribution in [1.29, 1.82) is 0 Å². The molecule has 0 heterocycles. The molecule has 0 saturated carbocycles. The largest absolute Gasteiger partial charge is 0.489 e. The number of hydrogen-bond donors (Lipinski definition) is 1. The second kappa shape index (κ2) is 5.51. The van der Waals surface area contributed by atoms with Crippen molar-refractivity contribution in [2.45, 2.75) is 20.5 Å². The van der Waals surface area contributed by atoms with Crippen LogP contribution in [0.3, 0.4) is 0 Å². The lowest BCUT2D eigenvalue weighted by Gasteiger charge is -2.08. The number of allylic oxidation sites excluding steroid dienone is 1. The highest BCUT2D eigenvalue weighted by Crippen LogP contribution is 2.19. The second-order valence-corrected chi connectivity index (χ2v) is 3.50. The fourth-order valence-corrected chi connectivity index (χ4v) is 1.11. The molecule has 0 aliphatic rings. The molecule has 15 heavy (non-hydrogen) atoms. The Bertz CT molecular complexity index is 355. The molecule has 0 spiro atoms. The number of rotatable bonds is 4. The first-order valence-electron chi connectivity index (χ1n) is 4.79. The summed E-state index contributed by atoms with van der Waals surface area (Å²) in [5, 5.41) is 8.99. The van der Waals surface area contributed by atoms with Gasteiger partial charge in [0.1, 0.15) is 18.2 Å². The van der Waals surface area contributed by atoms with Gasteiger partial charge >= 0.3 is 0 Å². The van der Waals surface area contributed by atoms with Gasteiger partial charge in [-0.15, -0.1) is 0 Å². The lowest BCUT2D eigenvalue weighted by atomic mass is 10.2. The Hall–Kier alpha value is -1.35. The van der Waals surface area contributed by atoms with Crippen molar-refractivity contribution in [2.24, 2.45) is 0 Å². The van der Waals surface area contributed by atoms with Crippen LogP contribution in [0, 0.1) is 5.82 Å². The van der Waals surface area contributed by atoms with Crippen LogP contribution < -0.4 is 4.74 Å². The molecule has 0 unspecified atom stereocenters. The maximum Gasteiger partial charge on any atom is 0.125 e. The van der Waals surface area contributed by atoms with E-state index in [0.717, 1.165) is 5.57 Å². The van der Waals surface area contributed by atoms with Gasteiger partial charge in [-0.1, -0.05) is 5.57 Å². The lowest BCUT2D eigenvalue weighted by molar-refractivity contribution is 0.269. The van der Waals surface area contributed by atoms with Crippen LogP contribution in [-0.4, -0.2) is 11.7 Å². The quantitative estimate of drug-likeness (QED) is 0.774. The summed E-state index contributed by atoms with van der Waals surface area (Å²) in [6, 6.07) is 4.12. The SMILES string of the molecule is CC(C)=CCOc1ccc(F)cc1CO. The van der Waals surface area contributed by atoms with Crippen LogP contribution in [-0.2, 0) is 6.61 Å². The zero-order valence-corrected chi connectivity index (χ0v) is 8.96. The summed E-state index contributed by atoms with van der Waals surface area (Å²) < 4.78 is 18.2. The summed E-state index contributed by atoms with van der Waals surface area (Å²) >= 11 is 0. The fraction of sp³-hybridized carbons (Fsp3) is 0.333. The Morgan fingerprint density at radius 3 is 2.80 bits per heavy atom. The van der Waals surface area contributed by atoms with E-state index in [-0.39, 0.29) is 12.4 Å². The molecule has 0 aromatic heterocycles. The maximum absolute atomic E-state index is 12.8. The minimum atomic E-state index is -0.367. The molecule has 0 saturated heterocycles. The first-order chi connectivity index (χ1) is 7.13. The number of aliphatic hydroxyl groups is 1. The summed E-state index contributed by atoms with van der Waals surface area (Å²) in [6.45, 7) is 4.16. The van der Waals surface area contributed by atoms with Gasteiger partial charge in [-0.25, -0.2) is 4.39 Å². The van der Waals surface area contributed by atoms with Crippen LogP contribution in [0.2, 0.25) is 0 Å². The molecule has 1 aromatic carbocycles. The molecule has 0 aliphatic heterocycles. The smallest absolute Gasteiger partial charge is 0.125 e. The number of halogens is 1. The van der Waals surface area contributed by atoms with E-state index in [1.54, 1.807) is 0 Å². The Kier molecular flexibility index (Phi) is 4.31. The van der Waals surface area contributed by atoms with Gasteiger partial charge in [0.25, 0.3) is 0 Å². The number of aliphatic hydroxyl groups excluding tert-OH is 1. The molecular weight excluding hydrogens is 195 g/mol. The van der Waals surface area contributed by atoms with Crippen LogP contribution in [0.15, 0.2) is 29.8 Å². The molecule has 1 rings (SSSR count). The van der Waals surface area contributed by atoms with Gasteiger partial charge in [-0.3, -0.25) is 0 Å². The van der Waals surface area contributed by atoms with Crippen LogP contribution in [0.25, 0.3) is 0 Å². The van der Waals surface area contributed by atoms with E-state index in [9.17, 15) is 4.39 Å². The molecule has 0 radical (unpaired) electrons. The van der Waals surface area contributed by atoms with E-state index in [1.807, 2.05) is 19.9 Å². The fourth-order valence-electron chi connectivity index (χ4n) is 1.11. The van der Waals surface area contributed by atoms with Gasteiger partial charge in [-0.05, 0) is 38.1 Å². The summed E-state index contributed by atoms with van der Waals surface area (Å²) in [4.78, 5) is 0. The molecule has 0 fully saturated rings. The van der Waals surface area contributed by atoms with Crippen molar-refractivity contribution in [3.63, 3.8) is 0 Å². The highest BCUT2D eigenvalue weighted by molar-refractivity contribution is 5.33. The molecule has 0 bridgehead atoms. The van der Waals surface area contributed by atoms with Crippen LogP contribution in [0.5, 0.6) is 5.75 Å². The minimum absolute atomic E-state index is 0.220. The standard InChI is InChI=1S/C12H15FO2/c1-9(2)5-6-15-12-4-3-11(13)7-10(12)8-14/h3-5,7,14H,6,8H2,1-2H3. The van der Waals surface area contributed by atoms with Gasteiger partial charge in [-0.2, -0.15) is 0 Å². The number of benzene rings is 1. The van der Waals surface area contributed by atoms with Crippen molar-refractivity contribution in [2.75, 3.05) is 6.61 Å². The molecule has 2 nitrogen and oxygen atoms in total. The third-order valence-corrected chi connectivity index (χ3v) is 1.92. The normalized spacial score (nSPS) is 9.87. The lowest BCUT2D eigenvalue weighted by Crippen LogP contribution is -1.98. The summed E-state index contributed by atoms with van der Waals surface area (Å²) in [6.07, 6.45) is 1.92. The van der Waals surface area contributed by atoms with Crippen molar-refractivity contribution < 1.29 is 14.2 Å². The van der Waals surface area contributed by atoms with E-state index < -0.39 is 0 Å². The monoisotopic (exact) mass is 210 g/mol. The number of hydrogen-bond acceptors (Lipinski definition) is 2. The van der Waals surface area contributed by atoms with Crippen molar-refractivity contribution in [3.05, 3.63) is 41.2 Å². The zero-order chi connectivity index (χ0) is 11.3. The van der Waals surface area contributed by atoms with Crippen LogP contribution in [0.1, 0.15) is 19.4 Å². The van der Waals surface area contributed by atoms with Gasteiger partial charge < -0.3 is 9.84 Å². The van der Waals surface area contributed by atoms with Crippen LogP contribution in [0.4, 0.5) is 4.39 Å². The minimum Gasteiger partial charge on any atom is -0.489 e. The summed E-state index contributed by atoms with van der Waals surface area (Å²) in [5.41, 5.74) is 1.62. The average Bonchev–Trinajstić information content (AvgIpc) is 2.19. The molecule has 0 atom stereocenters. The number of ether oxygens (including phenoxy) is 1. The molecule has 82 valence electrons. The topological polar surface area (TPSA) is 29.5 Å². The predicted octanol–water partition coefficient (Wildman–Crippen LogP) is 2.66. The molecule has 1 N–H and O–H groups in total. The highest BCUT2D eigenvalue weighted by Gasteiger charge is 2.03. The third kappa shape index (κ3) is 3.72. The average molecular weight is 210 g/mol. The van der Waals surface area contributed by atoms with E-state index in [1.165, 1.54) is 18.2 Å². The highest BCUT2D eigenvalue weighted by atomic mass is 19.1.